The second-order valence-electron chi connectivity index (χ2n) is 5.09. The van der Waals surface area contributed by atoms with Crippen molar-refractivity contribution in [2.75, 3.05) is 57.0 Å². The molecule has 0 aromatic heterocycles. The molecule has 106 valence electrons. The van der Waals surface area contributed by atoms with Gasteiger partial charge in [0.05, 0.1) is 11.4 Å². The third-order valence-electron chi connectivity index (χ3n) is 2.76. The highest BCUT2D eigenvalue weighted by molar-refractivity contribution is 5.83. The zero-order valence-corrected chi connectivity index (χ0v) is 12.8. The number of benzene rings is 1. The molecule has 5 heteroatoms. The van der Waals surface area contributed by atoms with Crippen LogP contribution in [0.5, 0.6) is 5.75 Å². The highest BCUT2D eigenvalue weighted by Gasteiger charge is 2.18. The maximum atomic E-state index is 11.3. The third kappa shape index (κ3) is 3.53. The van der Waals surface area contributed by atoms with E-state index in [4.69, 9.17) is 4.74 Å². The van der Waals surface area contributed by atoms with E-state index in [2.05, 4.69) is 0 Å². The SMILES string of the molecule is CC(=O)Oc1c(N(C)C)cc(N(C)C)cc1N(C)C. The summed E-state index contributed by atoms with van der Waals surface area (Å²) < 4.78 is 5.39. The number of esters is 1. The number of carbonyl (C=O) groups excluding carboxylic acids is 1. The fraction of sp³-hybridized carbons (Fsp3) is 0.500. The van der Waals surface area contributed by atoms with Crippen molar-refractivity contribution in [3.05, 3.63) is 12.1 Å². The van der Waals surface area contributed by atoms with Crippen molar-refractivity contribution in [3.63, 3.8) is 0 Å². The van der Waals surface area contributed by atoms with Gasteiger partial charge in [-0.15, -0.1) is 0 Å². The van der Waals surface area contributed by atoms with Crippen molar-refractivity contribution in [1.82, 2.24) is 0 Å². The molecule has 0 atom stereocenters. The van der Waals surface area contributed by atoms with Crippen LogP contribution < -0.4 is 19.4 Å². The van der Waals surface area contributed by atoms with Crippen LogP contribution in [0.25, 0.3) is 0 Å². The molecule has 0 amide bonds. The first-order valence-electron chi connectivity index (χ1n) is 6.12. The van der Waals surface area contributed by atoms with E-state index in [9.17, 15) is 4.79 Å². The predicted octanol–water partition coefficient (Wildman–Crippen LogP) is 1.81. The standard InChI is InChI=1S/C14H23N3O2/c1-10(18)19-14-12(16(4)5)8-11(15(2)3)9-13(14)17(6)7/h8-9H,1-7H3. The van der Waals surface area contributed by atoms with Crippen molar-refractivity contribution in [3.8, 4) is 5.75 Å². The molecule has 5 nitrogen and oxygen atoms in total. The molecule has 1 aromatic rings. The van der Waals surface area contributed by atoms with Gasteiger partial charge in [-0.05, 0) is 12.1 Å². The Balaban J connectivity index is 3.50. The topological polar surface area (TPSA) is 36.0 Å². The van der Waals surface area contributed by atoms with E-state index in [1.165, 1.54) is 6.92 Å². The Kier molecular flexibility index (Phi) is 4.64. The molecule has 0 aliphatic rings. The van der Waals surface area contributed by atoms with Gasteiger partial charge in [-0.25, -0.2) is 0 Å². The molecule has 0 aliphatic heterocycles. The largest absolute Gasteiger partial charge is 0.422 e. The van der Waals surface area contributed by atoms with Gasteiger partial charge < -0.3 is 19.4 Å². The van der Waals surface area contributed by atoms with E-state index in [0.717, 1.165) is 17.1 Å². The molecule has 0 saturated heterocycles. The van der Waals surface area contributed by atoms with E-state index in [1.807, 2.05) is 69.1 Å². The monoisotopic (exact) mass is 265 g/mol. The molecule has 0 N–H and O–H groups in total. The molecule has 0 spiro atoms. The second kappa shape index (κ2) is 5.82. The molecule has 0 bridgehead atoms. The Morgan fingerprint density at radius 2 is 1.32 bits per heavy atom. The molecule has 0 aliphatic carbocycles. The Bertz CT molecular complexity index is 439. The highest BCUT2D eigenvalue weighted by atomic mass is 16.5. The van der Waals surface area contributed by atoms with Gasteiger partial charge in [0, 0.05) is 54.9 Å². The van der Waals surface area contributed by atoms with E-state index in [0.29, 0.717) is 5.75 Å². The van der Waals surface area contributed by atoms with E-state index in [1.54, 1.807) is 0 Å². The minimum atomic E-state index is -0.316. The van der Waals surface area contributed by atoms with E-state index >= 15 is 0 Å². The number of hydrogen-bond acceptors (Lipinski definition) is 5. The van der Waals surface area contributed by atoms with Gasteiger partial charge in [0.25, 0.3) is 0 Å². The maximum Gasteiger partial charge on any atom is 0.308 e. The molecule has 19 heavy (non-hydrogen) atoms. The lowest BCUT2D eigenvalue weighted by Crippen LogP contribution is -2.19. The minimum Gasteiger partial charge on any atom is -0.422 e. The second-order valence-corrected chi connectivity index (χ2v) is 5.09. The first kappa shape index (κ1) is 15.1. The van der Waals surface area contributed by atoms with E-state index in [-0.39, 0.29) is 5.97 Å². The van der Waals surface area contributed by atoms with Crippen molar-refractivity contribution in [2.24, 2.45) is 0 Å². The summed E-state index contributed by atoms with van der Waals surface area (Å²) in [7, 11) is 11.7. The third-order valence-corrected chi connectivity index (χ3v) is 2.76. The van der Waals surface area contributed by atoms with Crippen LogP contribution >= 0.6 is 0 Å². The summed E-state index contributed by atoms with van der Waals surface area (Å²) >= 11 is 0. The van der Waals surface area contributed by atoms with Crippen LogP contribution in [-0.2, 0) is 4.79 Å². The normalized spacial score (nSPS) is 10.1. The van der Waals surface area contributed by atoms with Gasteiger partial charge in [0.15, 0.2) is 5.75 Å². The fourth-order valence-electron chi connectivity index (χ4n) is 1.76. The Morgan fingerprint density at radius 3 is 1.58 bits per heavy atom. The van der Waals surface area contributed by atoms with Crippen LogP contribution in [-0.4, -0.2) is 48.3 Å². The quantitative estimate of drug-likeness (QED) is 0.613. The van der Waals surface area contributed by atoms with Gasteiger partial charge in [-0.3, -0.25) is 4.79 Å². The van der Waals surface area contributed by atoms with Crippen LogP contribution in [0.2, 0.25) is 0 Å². The lowest BCUT2D eigenvalue weighted by Gasteiger charge is -2.26. The molecule has 0 saturated carbocycles. The van der Waals surface area contributed by atoms with E-state index < -0.39 is 0 Å². The van der Waals surface area contributed by atoms with Gasteiger partial charge in [-0.1, -0.05) is 0 Å². The van der Waals surface area contributed by atoms with Crippen molar-refractivity contribution in [2.45, 2.75) is 6.92 Å². The molecule has 1 aromatic carbocycles. The molecular formula is C14H23N3O2. The van der Waals surface area contributed by atoms with Crippen LogP contribution in [0.15, 0.2) is 12.1 Å². The van der Waals surface area contributed by atoms with Crippen molar-refractivity contribution < 1.29 is 9.53 Å². The van der Waals surface area contributed by atoms with Gasteiger partial charge in [0.1, 0.15) is 0 Å². The summed E-state index contributed by atoms with van der Waals surface area (Å²) in [6, 6.07) is 4.01. The summed E-state index contributed by atoms with van der Waals surface area (Å²) in [6.07, 6.45) is 0. The average molecular weight is 265 g/mol. The number of rotatable bonds is 4. The number of nitrogens with zero attached hydrogens (tertiary/aromatic N) is 3. The average Bonchev–Trinajstić information content (AvgIpc) is 2.27. The zero-order valence-electron chi connectivity index (χ0n) is 12.8. The Labute approximate surface area is 115 Å². The maximum absolute atomic E-state index is 11.3. The summed E-state index contributed by atoms with van der Waals surface area (Å²) in [5.74, 6) is 0.275. The lowest BCUT2D eigenvalue weighted by molar-refractivity contribution is -0.131. The van der Waals surface area contributed by atoms with Gasteiger partial charge >= 0.3 is 5.97 Å². The highest BCUT2D eigenvalue weighted by Crippen LogP contribution is 2.40. The Hall–Kier alpha value is -1.91. The van der Waals surface area contributed by atoms with Gasteiger partial charge in [-0.2, -0.15) is 0 Å². The number of anilines is 3. The molecule has 0 fully saturated rings. The van der Waals surface area contributed by atoms with Crippen LogP contribution in [0, 0.1) is 0 Å². The molecule has 0 unspecified atom stereocenters. The number of ether oxygens (including phenoxy) is 1. The predicted molar refractivity (Wildman–Crippen MR) is 80.7 cm³/mol. The summed E-state index contributed by atoms with van der Waals surface area (Å²) in [4.78, 5) is 17.2. The smallest absolute Gasteiger partial charge is 0.308 e. The number of carbonyl (C=O) groups is 1. The molecule has 0 radical (unpaired) electrons. The minimum absolute atomic E-state index is 0.316. The van der Waals surface area contributed by atoms with Crippen molar-refractivity contribution in [1.29, 1.82) is 0 Å². The zero-order chi connectivity index (χ0) is 14.7. The molecule has 1 rings (SSSR count). The summed E-state index contributed by atoms with van der Waals surface area (Å²) in [5, 5.41) is 0. The summed E-state index contributed by atoms with van der Waals surface area (Å²) in [6.45, 7) is 1.42. The fourth-order valence-corrected chi connectivity index (χ4v) is 1.76. The van der Waals surface area contributed by atoms with Crippen molar-refractivity contribution >= 4 is 23.0 Å². The summed E-state index contributed by atoms with van der Waals surface area (Å²) in [5.41, 5.74) is 2.82. The number of hydrogen-bond donors (Lipinski definition) is 0. The van der Waals surface area contributed by atoms with Gasteiger partial charge in [0.2, 0.25) is 0 Å². The van der Waals surface area contributed by atoms with Crippen LogP contribution in [0.4, 0.5) is 17.1 Å². The first-order chi connectivity index (χ1) is 8.73. The van der Waals surface area contributed by atoms with Crippen LogP contribution in [0.1, 0.15) is 6.92 Å². The molecular weight excluding hydrogens is 242 g/mol. The van der Waals surface area contributed by atoms with Crippen LogP contribution in [0.3, 0.4) is 0 Å². The Morgan fingerprint density at radius 1 is 0.895 bits per heavy atom. The lowest BCUT2D eigenvalue weighted by atomic mass is 10.2. The molecule has 0 heterocycles. The first-order valence-corrected chi connectivity index (χ1v) is 6.12.